The summed E-state index contributed by atoms with van der Waals surface area (Å²) in [5.41, 5.74) is 0. The second-order valence-corrected chi connectivity index (χ2v) is 5.39. The van der Waals surface area contributed by atoms with Gasteiger partial charge in [-0.3, -0.25) is 9.59 Å². The molecule has 1 aliphatic rings. The van der Waals surface area contributed by atoms with Crippen molar-refractivity contribution in [3.63, 3.8) is 0 Å². The number of carbonyl (C=O) groups excluding carboxylic acids is 2. The zero-order valence-corrected chi connectivity index (χ0v) is 13.1. The molecule has 0 spiro atoms. The molecule has 120 valence electrons. The summed E-state index contributed by atoms with van der Waals surface area (Å²) >= 11 is 0. The van der Waals surface area contributed by atoms with Crippen LogP contribution in [0.2, 0.25) is 0 Å². The second kappa shape index (κ2) is 9.01. The first-order valence-corrected chi connectivity index (χ1v) is 7.36. The molecule has 7 heteroatoms. The highest BCUT2D eigenvalue weighted by Gasteiger charge is 2.38. The molecule has 0 aromatic carbocycles. The van der Waals surface area contributed by atoms with Gasteiger partial charge in [0.25, 0.3) is 0 Å². The lowest BCUT2D eigenvalue weighted by molar-refractivity contribution is -0.135. The predicted octanol–water partition coefficient (Wildman–Crippen LogP) is 0.526. The van der Waals surface area contributed by atoms with Gasteiger partial charge in [-0.05, 0) is 6.92 Å². The van der Waals surface area contributed by atoms with Crippen molar-refractivity contribution in [3.8, 4) is 12.1 Å². The highest BCUT2D eigenvalue weighted by molar-refractivity contribution is 5.89. The highest BCUT2D eigenvalue weighted by atomic mass is 16.5. The van der Waals surface area contributed by atoms with Gasteiger partial charge in [0.1, 0.15) is 0 Å². The number of rotatable bonds is 8. The molecule has 0 aromatic heterocycles. The molecule has 1 rings (SSSR count). The molecule has 2 atom stereocenters. The van der Waals surface area contributed by atoms with E-state index >= 15 is 0 Å². The third-order valence-electron chi connectivity index (χ3n) is 3.75. The quantitative estimate of drug-likeness (QED) is 0.651. The average Bonchev–Trinajstić information content (AvgIpc) is 2.89. The van der Waals surface area contributed by atoms with Crippen LogP contribution in [-0.4, -0.2) is 61.0 Å². The minimum absolute atomic E-state index is 0.0524. The summed E-state index contributed by atoms with van der Waals surface area (Å²) in [6, 6.07) is 3.94. The standard InChI is InChI=1S/C15H22N4O3/c1-12(11-22-2)19-10-13(9-14(19)20)15(21)18(7-3-5-16)8-4-6-17/h12-13H,3-4,7-11H2,1-2H3/t12-,13-/m1/s1. The van der Waals surface area contributed by atoms with Crippen molar-refractivity contribution in [2.24, 2.45) is 5.92 Å². The third kappa shape index (κ3) is 4.71. The van der Waals surface area contributed by atoms with E-state index in [-0.39, 0.29) is 37.1 Å². The van der Waals surface area contributed by atoms with Crippen LogP contribution in [0.15, 0.2) is 0 Å². The Labute approximate surface area is 131 Å². The number of amides is 2. The zero-order valence-electron chi connectivity index (χ0n) is 13.1. The van der Waals surface area contributed by atoms with Crippen LogP contribution >= 0.6 is 0 Å². The summed E-state index contributed by atoms with van der Waals surface area (Å²) in [5, 5.41) is 17.3. The van der Waals surface area contributed by atoms with E-state index in [1.165, 1.54) is 4.90 Å². The molecule has 0 radical (unpaired) electrons. The number of hydrogen-bond acceptors (Lipinski definition) is 5. The molecule has 1 aliphatic heterocycles. The van der Waals surface area contributed by atoms with Crippen LogP contribution in [0.4, 0.5) is 0 Å². The van der Waals surface area contributed by atoms with Gasteiger partial charge in [0.2, 0.25) is 11.8 Å². The monoisotopic (exact) mass is 306 g/mol. The largest absolute Gasteiger partial charge is 0.383 e. The van der Waals surface area contributed by atoms with Crippen molar-refractivity contribution in [1.29, 1.82) is 10.5 Å². The van der Waals surface area contributed by atoms with Crippen LogP contribution in [0, 0.1) is 28.6 Å². The summed E-state index contributed by atoms with van der Waals surface area (Å²) in [4.78, 5) is 27.8. The van der Waals surface area contributed by atoms with Crippen molar-refractivity contribution in [1.82, 2.24) is 9.80 Å². The predicted molar refractivity (Wildman–Crippen MR) is 78.2 cm³/mol. The Bertz CT molecular complexity index is 462. The Morgan fingerprint density at radius 1 is 1.41 bits per heavy atom. The lowest BCUT2D eigenvalue weighted by atomic mass is 10.1. The average molecular weight is 306 g/mol. The number of hydrogen-bond donors (Lipinski definition) is 0. The normalized spacial score (nSPS) is 18.6. The lowest BCUT2D eigenvalue weighted by Gasteiger charge is -2.26. The maximum atomic E-state index is 12.5. The summed E-state index contributed by atoms with van der Waals surface area (Å²) in [6.07, 6.45) is 0.631. The summed E-state index contributed by atoms with van der Waals surface area (Å²) in [6.45, 7) is 3.29. The minimum atomic E-state index is -0.399. The van der Waals surface area contributed by atoms with Gasteiger partial charge in [0.05, 0.1) is 43.5 Å². The number of nitriles is 2. The molecule has 0 aromatic rings. The summed E-state index contributed by atoms with van der Waals surface area (Å²) < 4.78 is 5.05. The van der Waals surface area contributed by atoms with Gasteiger partial charge in [0.15, 0.2) is 0 Å². The van der Waals surface area contributed by atoms with Crippen molar-refractivity contribution in [2.45, 2.75) is 32.2 Å². The minimum Gasteiger partial charge on any atom is -0.383 e. The number of likely N-dealkylation sites (tertiary alicyclic amines) is 1. The Morgan fingerprint density at radius 2 is 2.00 bits per heavy atom. The second-order valence-electron chi connectivity index (χ2n) is 5.39. The van der Waals surface area contributed by atoms with Gasteiger partial charge in [-0.15, -0.1) is 0 Å². The molecule has 1 fully saturated rings. The Morgan fingerprint density at radius 3 is 2.50 bits per heavy atom. The summed E-state index contributed by atoms with van der Waals surface area (Å²) in [5.74, 6) is -0.599. The molecular formula is C15H22N4O3. The van der Waals surface area contributed by atoms with Crippen LogP contribution in [0.3, 0.4) is 0 Å². The van der Waals surface area contributed by atoms with E-state index in [0.29, 0.717) is 26.2 Å². The molecule has 2 amide bonds. The van der Waals surface area contributed by atoms with Gasteiger partial charge in [-0.2, -0.15) is 10.5 Å². The van der Waals surface area contributed by atoms with Gasteiger partial charge in [0, 0.05) is 33.2 Å². The van der Waals surface area contributed by atoms with E-state index in [1.54, 1.807) is 12.0 Å². The molecule has 22 heavy (non-hydrogen) atoms. The maximum absolute atomic E-state index is 12.5. The topological polar surface area (TPSA) is 97.4 Å². The van der Waals surface area contributed by atoms with E-state index in [4.69, 9.17) is 15.3 Å². The zero-order chi connectivity index (χ0) is 16.5. The molecule has 1 heterocycles. The first kappa shape index (κ1) is 17.9. The first-order valence-electron chi connectivity index (χ1n) is 7.36. The lowest BCUT2D eigenvalue weighted by Crippen LogP contribution is -2.41. The third-order valence-corrected chi connectivity index (χ3v) is 3.75. The van der Waals surface area contributed by atoms with Crippen molar-refractivity contribution >= 4 is 11.8 Å². The van der Waals surface area contributed by atoms with E-state index in [0.717, 1.165) is 0 Å². The van der Waals surface area contributed by atoms with E-state index in [2.05, 4.69) is 0 Å². The van der Waals surface area contributed by atoms with E-state index in [1.807, 2.05) is 19.1 Å². The highest BCUT2D eigenvalue weighted by Crippen LogP contribution is 2.22. The smallest absolute Gasteiger partial charge is 0.228 e. The van der Waals surface area contributed by atoms with Crippen molar-refractivity contribution < 1.29 is 14.3 Å². The Balaban J connectivity index is 2.68. The van der Waals surface area contributed by atoms with Crippen molar-refractivity contribution in [2.75, 3.05) is 33.4 Å². The van der Waals surface area contributed by atoms with Gasteiger partial charge < -0.3 is 14.5 Å². The molecule has 0 saturated carbocycles. The van der Waals surface area contributed by atoms with Gasteiger partial charge >= 0.3 is 0 Å². The Hall–Kier alpha value is -2.12. The SMILES string of the molecule is COC[C@@H](C)N1C[C@H](C(=O)N(CCC#N)CCC#N)CC1=O. The van der Waals surface area contributed by atoms with Crippen LogP contribution in [0.5, 0.6) is 0 Å². The van der Waals surface area contributed by atoms with Gasteiger partial charge in [-0.1, -0.05) is 0 Å². The molecule has 7 nitrogen and oxygen atoms in total. The number of ether oxygens (including phenoxy) is 1. The van der Waals surface area contributed by atoms with Gasteiger partial charge in [-0.25, -0.2) is 0 Å². The number of nitrogens with zero attached hydrogens (tertiary/aromatic N) is 4. The van der Waals surface area contributed by atoms with Crippen LogP contribution in [0.25, 0.3) is 0 Å². The van der Waals surface area contributed by atoms with Crippen LogP contribution in [-0.2, 0) is 14.3 Å². The fourth-order valence-electron chi connectivity index (χ4n) is 2.61. The molecule has 0 aliphatic carbocycles. The molecule has 0 unspecified atom stereocenters. The van der Waals surface area contributed by atoms with Crippen LogP contribution in [0.1, 0.15) is 26.2 Å². The fourth-order valence-corrected chi connectivity index (χ4v) is 2.61. The molecule has 0 bridgehead atoms. The molecule has 0 N–H and O–H groups in total. The Kier molecular flexibility index (Phi) is 7.34. The fraction of sp³-hybridized carbons (Fsp3) is 0.733. The maximum Gasteiger partial charge on any atom is 0.228 e. The van der Waals surface area contributed by atoms with Crippen LogP contribution < -0.4 is 0 Å². The van der Waals surface area contributed by atoms with E-state index in [9.17, 15) is 9.59 Å². The number of carbonyl (C=O) groups is 2. The molecule has 1 saturated heterocycles. The summed E-state index contributed by atoms with van der Waals surface area (Å²) in [7, 11) is 1.57. The van der Waals surface area contributed by atoms with Crippen molar-refractivity contribution in [3.05, 3.63) is 0 Å². The molecular weight excluding hydrogens is 284 g/mol. The number of methoxy groups -OCH3 is 1. The first-order chi connectivity index (χ1) is 10.5. The van der Waals surface area contributed by atoms with E-state index < -0.39 is 5.92 Å².